The average Bonchev–Trinajstić information content (AvgIpc) is 1.97. The van der Waals surface area contributed by atoms with Gasteiger partial charge in [0.05, 0.1) is 13.7 Å². The predicted molar refractivity (Wildman–Crippen MR) is 51.2 cm³/mol. The van der Waals surface area contributed by atoms with E-state index < -0.39 is 11.6 Å². The monoisotopic (exact) mass is 333 g/mol. The molecule has 0 radical (unpaired) electrons. The highest BCUT2D eigenvalue weighted by molar-refractivity contribution is 14.1. The zero-order chi connectivity index (χ0) is 8.59. The fourth-order valence-corrected chi connectivity index (χ4v) is 1.70. The van der Waals surface area contributed by atoms with Crippen molar-refractivity contribution in [2.45, 2.75) is 0 Å². The lowest BCUT2D eigenvalue weighted by Gasteiger charge is -2.02. The van der Waals surface area contributed by atoms with Crippen molar-refractivity contribution in [2.75, 3.05) is 5.73 Å². The Morgan fingerprint density at radius 3 is 2.55 bits per heavy atom. The quantitative estimate of drug-likeness (QED) is 0.336. The van der Waals surface area contributed by atoms with Gasteiger partial charge in [-0.1, -0.05) is 0 Å². The lowest BCUT2D eigenvalue weighted by molar-refractivity contribution is 0.568. The van der Waals surface area contributed by atoms with Crippen molar-refractivity contribution in [3.63, 3.8) is 0 Å². The molecule has 0 fully saturated rings. The third-order valence-electron chi connectivity index (χ3n) is 1.13. The third-order valence-corrected chi connectivity index (χ3v) is 2.95. The minimum atomic E-state index is -0.680. The van der Waals surface area contributed by atoms with Crippen molar-refractivity contribution in [1.29, 1.82) is 0 Å². The van der Waals surface area contributed by atoms with Gasteiger partial charge in [0.2, 0.25) is 0 Å². The number of nitrogens with two attached hydrogens (primary N) is 1. The van der Waals surface area contributed by atoms with Gasteiger partial charge in [0.15, 0.2) is 5.82 Å². The smallest absolute Gasteiger partial charge is 0.155 e. The summed E-state index contributed by atoms with van der Waals surface area (Å²) in [4.78, 5) is 0. The van der Waals surface area contributed by atoms with E-state index in [2.05, 4.69) is 15.9 Å². The second-order valence-corrected chi connectivity index (χ2v) is 3.76. The Morgan fingerprint density at radius 1 is 1.45 bits per heavy atom. The third kappa shape index (κ3) is 1.64. The number of anilines is 1. The summed E-state index contributed by atoms with van der Waals surface area (Å²) in [6.45, 7) is 0. The number of rotatable bonds is 0. The highest BCUT2D eigenvalue weighted by atomic mass is 127. The van der Waals surface area contributed by atoms with Gasteiger partial charge in [-0.05, 0) is 44.6 Å². The topological polar surface area (TPSA) is 26.0 Å². The first-order valence-electron chi connectivity index (χ1n) is 2.62. The molecule has 0 saturated carbocycles. The standard InChI is InChI=1S/C6H3BrF2IN/c7-4-2(8)1-3(11)6(10)5(4)9/h1H,11H2. The minimum absolute atomic E-state index is 0.115. The number of hydrogen-bond donors (Lipinski definition) is 1. The summed E-state index contributed by atoms with van der Waals surface area (Å²) in [7, 11) is 0. The summed E-state index contributed by atoms with van der Waals surface area (Å²) < 4.78 is 25.6. The molecule has 0 unspecified atom stereocenters. The molecule has 0 atom stereocenters. The van der Waals surface area contributed by atoms with Crippen LogP contribution in [-0.2, 0) is 0 Å². The average molecular weight is 334 g/mol. The number of hydrogen-bond acceptors (Lipinski definition) is 1. The van der Waals surface area contributed by atoms with Crippen LogP contribution < -0.4 is 5.73 Å². The molecule has 60 valence electrons. The molecule has 1 aromatic rings. The van der Waals surface area contributed by atoms with Crippen LogP contribution in [0.5, 0.6) is 0 Å². The van der Waals surface area contributed by atoms with Gasteiger partial charge in [0.1, 0.15) is 5.82 Å². The van der Waals surface area contributed by atoms with Crippen LogP contribution in [0.3, 0.4) is 0 Å². The molecule has 1 nitrogen and oxygen atoms in total. The van der Waals surface area contributed by atoms with Crippen LogP contribution in [0, 0.1) is 15.2 Å². The van der Waals surface area contributed by atoms with Gasteiger partial charge in [-0.3, -0.25) is 0 Å². The van der Waals surface area contributed by atoms with Crippen LogP contribution in [0.2, 0.25) is 0 Å². The van der Waals surface area contributed by atoms with E-state index in [0.29, 0.717) is 0 Å². The van der Waals surface area contributed by atoms with E-state index in [1.807, 2.05) is 0 Å². The molecule has 1 rings (SSSR count). The first-order valence-corrected chi connectivity index (χ1v) is 4.49. The molecular weight excluding hydrogens is 331 g/mol. The van der Waals surface area contributed by atoms with Crippen LogP contribution in [0.4, 0.5) is 14.5 Å². The lowest BCUT2D eigenvalue weighted by atomic mass is 10.3. The highest BCUT2D eigenvalue weighted by Crippen LogP contribution is 2.28. The molecule has 0 aliphatic heterocycles. The van der Waals surface area contributed by atoms with Gasteiger partial charge in [0.25, 0.3) is 0 Å². The molecule has 0 amide bonds. The number of halogens is 4. The van der Waals surface area contributed by atoms with Gasteiger partial charge < -0.3 is 5.73 Å². The Labute approximate surface area is 84.2 Å². The molecule has 0 aliphatic rings. The van der Waals surface area contributed by atoms with Crippen molar-refractivity contribution in [3.05, 3.63) is 25.7 Å². The maximum atomic E-state index is 12.9. The van der Waals surface area contributed by atoms with Crippen LogP contribution in [-0.4, -0.2) is 0 Å². The molecule has 0 spiro atoms. The Kier molecular flexibility index (Phi) is 2.69. The van der Waals surface area contributed by atoms with Crippen molar-refractivity contribution < 1.29 is 8.78 Å². The van der Waals surface area contributed by atoms with E-state index in [9.17, 15) is 8.78 Å². The zero-order valence-corrected chi connectivity index (χ0v) is 8.91. The van der Waals surface area contributed by atoms with Crippen LogP contribution in [0.1, 0.15) is 0 Å². The molecule has 2 N–H and O–H groups in total. The predicted octanol–water partition coefficient (Wildman–Crippen LogP) is 2.91. The molecule has 5 heteroatoms. The number of nitrogen functional groups attached to an aromatic ring is 1. The largest absolute Gasteiger partial charge is 0.398 e. The first-order chi connectivity index (χ1) is 5.04. The van der Waals surface area contributed by atoms with Gasteiger partial charge in [-0.15, -0.1) is 0 Å². The molecule has 0 saturated heterocycles. The summed E-state index contributed by atoms with van der Waals surface area (Å²) in [5, 5.41) is 0. The van der Waals surface area contributed by atoms with Crippen molar-refractivity contribution in [3.8, 4) is 0 Å². The Balaban J connectivity index is 3.46. The summed E-state index contributed by atoms with van der Waals surface area (Å²) >= 11 is 4.47. The lowest BCUT2D eigenvalue weighted by Crippen LogP contribution is -1.96. The van der Waals surface area contributed by atoms with E-state index in [4.69, 9.17) is 5.73 Å². The van der Waals surface area contributed by atoms with E-state index >= 15 is 0 Å². The fourth-order valence-electron chi connectivity index (χ4n) is 0.591. The minimum Gasteiger partial charge on any atom is -0.398 e. The summed E-state index contributed by atoms with van der Waals surface area (Å²) in [5.41, 5.74) is 5.40. The Bertz CT molecular complexity index is 277. The van der Waals surface area contributed by atoms with E-state index in [-0.39, 0.29) is 13.7 Å². The van der Waals surface area contributed by atoms with Crippen molar-refractivity contribution in [2.24, 2.45) is 0 Å². The second kappa shape index (κ2) is 3.22. The molecular formula is C6H3BrF2IN. The summed E-state index contributed by atoms with van der Waals surface area (Å²) in [6.07, 6.45) is 0. The van der Waals surface area contributed by atoms with E-state index in [0.717, 1.165) is 6.07 Å². The Hall–Kier alpha value is 0.0900. The van der Waals surface area contributed by atoms with Crippen LogP contribution in [0.15, 0.2) is 10.5 Å². The second-order valence-electron chi connectivity index (χ2n) is 1.89. The maximum Gasteiger partial charge on any atom is 0.155 e. The highest BCUT2D eigenvalue weighted by Gasteiger charge is 2.12. The van der Waals surface area contributed by atoms with E-state index in [1.54, 1.807) is 22.6 Å². The van der Waals surface area contributed by atoms with E-state index in [1.165, 1.54) is 0 Å². The first kappa shape index (κ1) is 9.18. The normalized spacial score (nSPS) is 10.2. The molecule has 0 heterocycles. The van der Waals surface area contributed by atoms with Crippen LogP contribution >= 0.6 is 38.5 Å². The maximum absolute atomic E-state index is 12.9. The van der Waals surface area contributed by atoms with Crippen molar-refractivity contribution in [1.82, 2.24) is 0 Å². The Morgan fingerprint density at radius 2 is 2.00 bits per heavy atom. The fraction of sp³-hybridized carbons (Fsp3) is 0. The molecule has 0 aliphatic carbocycles. The van der Waals surface area contributed by atoms with Gasteiger partial charge >= 0.3 is 0 Å². The van der Waals surface area contributed by atoms with Crippen molar-refractivity contribution >= 4 is 44.2 Å². The zero-order valence-electron chi connectivity index (χ0n) is 5.17. The molecule has 11 heavy (non-hydrogen) atoms. The summed E-state index contributed by atoms with van der Waals surface area (Å²) in [6, 6.07) is 1.08. The van der Waals surface area contributed by atoms with Crippen LogP contribution in [0.25, 0.3) is 0 Å². The molecule has 0 bridgehead atoms. The molecule has 1 aromatic carbocycles. The van der Waals surface area contributed by atoms with Gasteiger partial charge in [0, 0.05) is 0 Å². The molecule has 0 aromatic heterocycles. The number of benzene rings is 1. The van der Waals surface area contributed by atoms with Gasteiger partial charge in [-0.25, -0.2) is 8.78 Å². The summed E-state index contributed by atoms with van der Waals surface area (Å²) in [5.74, 6) is -1.33. The van der Waals surface area contributed by atoms with Gasteiger partial charge in [-0.2, -0.15) is 0 Å². The SMILES string of the molecule is Nc1cc(F)c(Br)c(F)c1I.